The summed E-state index contributed by atoms with van der Waals surface area (Å²) < 4.78 is 38.3. The zero-order chi connectivity index (χ0) is 17.7. The summed E-state index contributed by atoms with van der Waals surface area (Å²) in [7, 11) is 0. The topological polar surface area (TPSA) is 64.9 Å². The molecule has 0 bridgehead atoms. The minimum Gasteiger partial charge on any atom is -0.376 e. The Morgan fingerprint density at radius 3 is 2.58 bits per heavy atom. The van der Waals surface area contributed by atoms with Crippen molar-refractivity contribution in [1.29, 1.82) is 5.26 Å². The molecule has 0 aliphatic carbocycles. The van der Waals surface area contributed by atoms with Gasteiger partial charge < -0.3 is 10.6 Å². The number of carbonyl (C=O) groups is 1. The van der Waals surface area contributed by atoms with E-state index in [1.807, 2.05) is 6.07 Å². The minimum atomic E-state index is -4.60. The van der Waals surface area contributed by atoms with Gasteiger partial charge in [-0.05, 0) is 36.4 Å². The maximum Gasteiger partial charge on any atom is 0.417 e. The Balaban J connectivity index is 2.01. The van der Waals surface area contributed by atoms with E-state index in [-0.39, 0.29) is 12.2 Å². The van der Waals surface area contributed by atoms with Gasteiger partial charge in [0, 0.05) is 11.4 Å². The van der Waals surface area contributed by atoms with Crippen LogP contribution in [0.25, 0.3) is 0 Å². The summed E-state index contributed by atoms with van der Waals surface area (Å²) in [5.41, 5.74) is -0.0508. The molecular formula is C16H11ClF3N3O. The van der Waals surface area contributed by atoms with E-state index in [4.69, 9.17) is 16.9 Å². The van der Waals surface area contributed by atoms with E-state index < -0.39 is 22.7 Å². The summed E-state index contributed by atoms with van der Waals surface area (Å²) in [5.74, 6) is -0.534. The zero-order valence-electron chi connectivity index (χ0n) is 12.1. The van der Waals surface area contributed by atoms with Crippen LogP contribution in [0, 0.1) is 11.3 Å². The van der Waals surface area contributed by atoms with Gasteiger partial charge in [0.25, 0.3) is 0 Å². The molecule has 2 N–H and O–H groups in total. The molecule has 124 valence electrons. The highest BCUT2D eigenvalue weighted by molar-refractivity contribution is 6.31. The van der Waals surface area contributed by atoms with Gasteiger partial charge in [-0.15, -0.1) is 0 Å². The Morgan fingerprint density at radius 2 is 1.92 bits per heavy atom. The summed E-state index contributed by atoms with van der Waals surface area (Å²) >= 11 is 5.52. The smallest absolute Gasteiger partial charge is 0.376 e. The van der Waals surface area contributed by atoms with Crippen LogP contribution in [0.2, 0.25) is 5.02 Å². The van der Waals surface area contributed by atoms with Crippen LogP contribution in [0.1, 0.15) is 11.1 Å². The van der Waals surface area contributed by atoms with Gasteiger partial charge in [0.1, 0.15) is 0 Å². The molecule has 0 fully saturated rings. The van der Waals surface area contributed by atoms with Crippen LogP contribution in [0.5, 0.6) is 0 Å². The average molecular weight is 354 g/mol. The molecule has 0 radical (unpaired) electrons. The van der Waals surface area contributed by atoms with Crippen LogP contribution in [0.4, 0.5) is 24.5 Å². The molecule has 0 saturated carbocycles. The van der Waals surface area contributed by atoms with Crippen LogP contribution in [-0.2, 0) is 11.0 Å². The predicted octanol–water partition coefficient (Wildman–Crippen LogP) is 4.28. The molecule has 0 unspecified atom stereocenters. The Hall–Kier alpha value is -2.72. The molecule has 2 aromatic rings. The van der Waals surface area contributed by atoms with Crippen molar-refractivity contribution in [2.75, 3.05) is 17.2 Å². The number of rotatable bonds is 4. The van der Waals surface area contributed by atoms with E-state index in [1.165, 1.54) is 6.07 Å². The molecule has 0 aliphatic rings. The van der Waals surface area contributed by atoms with Crippen molar-refractivity contribution in [2.24, 2.45) is 0 Å². The molecule has 0 atom stereocenters. The van der Waals surface area contributed by atoms with Gasteiger partial charge in [0.2, 0.25) is 5.91 Å². The minimum absolute atomic E-state index is 0.00991. The largest absolute Gasteiger partial charge is 0.417 e. The number of benzene rings is 2. The lowest BCUT2D eigenvalue weighted by Gasteiger charge is -2.12. The average Bonchev–Trinajstić information content (AvgIpc) is 2.54. The lowest BCUT2D eigenvalue weighted by atomic mass is 10.2. The lowest BCUT2D eigenvalue weighted by Crippen LogP contribution is -2.22. The van der Waals surface area contributed by atoms with Gasteiger partial charge in [-0.2, -0.15) is 18.4 Å². The van der Waals surface area contributed by atoms with Gasteiger partial charge in [0.05, 0.1) is 28.8 Å². The Labute approximate surface area is 140 Å². The predicted molar refractivity (Wildman–Crippen MR) is 84.7 cm³/mol. The van der Waals surface area contributed by atoms with E-state index in [0.29, 0.717) is 11.3 Å². The Morgan fingerprint density at radius 1 is 1.17 bits per heavy atom. The second-order valence-electron chi connectivity index (χ2n) is 4.79. The first-order valence-electron chi connectivity index (χ1n) is 6.70. The summed E-state index contributed by atoms with van der Waals surface area (Å²) in [6.07, 6.45) is -4.60. The van der Waals surface area contributed by atoms with E-state index in [0.717, 1.165) is 12.1 Å². The molecular weight excluding hydrogens is 343 g/mol. The number of amides is 1. The summed E-state index contributed by atoms with van der Waals surface area (Å²) in [4.78, 5) is 11.8. The van der Waals surface area contributed by atoms with E-state index in [1.54, 1.807) is 24.3 Å². The number of halogens is 4. The van der Waals surface area contributed by atoms with E-state index in [2.05, 4.69) is 10.6 Å². The van der Waals surface area contributed by atoms with E-state index in [9.17, 15) is 18.0 Å². The van der Waals surface area contributed by atoms with Crippen molar-refractivity contribution in [1.82, 2.24) is 0 Å². The molecule has 2 aromatic carbocycles. The summed E-state index contributed by atoms with van der Waals surface area (Å²) in [5, 5.41) is 13.5. The second-order valence-corrected chi connectivity index (χ2v) is 5.19. The number of nitrogens with one attached hydrogen (secondary N) is 2. The van der Waals surface area contributed by atoms with Crippen LogP contribution in [0.15, 0.2) is 42.5 Å². The van der Waals surface area contributed by atoms with Gasteiger partial charge in [-0.25, -0.2) is 0 Å². The number of hydrogen-bond donors (Lipinski definition) is 2. The first-order valence-corrected chi connectivity index (χ1v) is 7.08. The van der Waals surface area contributed by atoms with Crippen LogP contribution in [-0.4, -0.2) is 12.5 Å². The van der Waals surface area contributed by atoms with Crippen molar-refractivity contribution in [3.63, 3.8) is 0 Å². The van der Waals surface area contributed by atoms with Gasteiger partial charge >= 0.3 is 6.18 Å². The molecule has 0 aliphatic heterocycles. The first kappa shape index (κ1) is 17.6. The number of anilines is 2. The fourth-order valence-electron chi connectivity index (χ4n) is 1.91. The molecule has 0 saturated heterocycles. The van der Waals surface area contributed by atoms with Crippen LogP contribution >= 0.6 is 11.6 Å². The Kier molecular flexibility index (Phi) is 5.31. The molecule has 4 nitrogen and oxygen atoms in total. The fraction of sp³-hybridized carbons (Fsp3) is 0.125. The SMILES string of the molecule is N#Cc1cccc(NCC(=O)Nc2ccc(Cl)c(C(F)(F)F)c2)c1. The molecule has 1 amide bonds. The summed E-state index contributed by atoms with van der Waals surface area (Å²) in [6.45, 7) is -0.168. The molecule has 2 rings (SSSR count). The number of hydrogen-bond acceptors (Lipinski definition) is 3. The molecule has 0 heterocycles. The van der Waals surface area contributed by atoms with Crippen LogP contribution < -0.4 is 10.6 Å². The van der Waals surface area contributed by atoms with Crippen LogP contribution in [0.3, 0.4) is 0 Å². The maximum absolute atomic E-state index is 12.8. The van der Waals surface area contributed by atoms with Crippen molar-refractivity contribution in [3.8, 4) is 6.07 Å². The van der Waals surface area contributed by atoms with Crippen molar-refractivity contribution in [3.05, 3.63) is 58.6 Å². The monoisotopic (exact) mass is 353 g/mol. The number of nitrogens with zero attached hydrogens (tertiary/aromatic N) is 1. The molecule has 8 heteroatoms. The number of nitriles is 1. The van der Waals surface area contributed by atoms with Gasteiger partial charge in [0.15, 0.2) is 0 Å². The highest BCUT2D eigenvalue weighted by Crippen LogP contribution is 2.36. The van der Waals surface area contributed by atoms with Gasteiger partial charge in [-0.1, -0.05) is 17.7 Å². The number of alkyl halides is 3. The van der Waals surface area contributed by atoms with Crippen molar-refractivity contribution in [2.45, 2.75) is 6.18 Å². The third-order valence-corrected chi connectivity index (χ3v) is 3.33. The normalized spacial score (nSPS) is 10.8. The maximum atomic E-state index is 12.8. The standard InChI is InChI=1S/C16H11ClF3N3O/c17-14-5-4-12(7-13(14)16(18,19)20)23-15(24)9-22-11-3-1-2-10(6-11)8-21/h1-7,22H,9H2,(H,23,24). The molecule has 0 spiro atoms. The highest BCUT2D eigenvalue weighted by Gasteiger charge is 2.33. The quantitative estimate of drug-likeness (QED) is 0.862. The van der Waals surface area contributed by atoms with E-state index >= 15 is 0 Å². The highest BCUT2D eigenvalue weighted by atomic mass is 35.5. The second kappa shape index (κ2) is 7.23. The summed E-state index contributed by atoms with van der Waals surface area (Å²) in [6, 6.07) is 11.6. The molecule has 24 heavy (non-hydrogen) atoms. The lowest BCUT2D eigenvalue weighted by molar-refractivity contribution is -0.137. The van der Waals surface area contributed by atoms with Gasteiger partial charge in [-0.3, -0.25) is 4.79 Å². The fourth-order valence-corrected chi connectivity index (χ4v) is 2.13. The van der Waals surface area contributed by atoms with Crippen molar-refractivity contribution >= 4 is 28.9 Å². The third-order valence-electron chi connectivity index (χ3n) is 3.00. The zero-order valence-corrected chi connectivity index (χ0v) is 12.9. The molecule has 0 aromatic heterocycles. The van der Waals surface area contributed by atoms with Crippen molar-refractivity contribution < 1.29 is 18.0 Å². The third kappa shape index (κ3) is 4.64. The first-order chi connectivity index (χ1) is 11.3. The Bertz CT molecular complexity index is 800. The number of carbonyl (C=O) groups excluding carboxylic acids is 1.